The molecule has 0 aromatic heterocycles. The van der Waals surface area contributed by atoms with Gasteiger partial charge < -0.3 is 0 Å². The van der Waals surface area contributed by atoms with Gasteiger partial charge >= 0.3 is 31.5 Å². The summed E-state index contributed by atoms with van der Waals surface area (Å²) in [5.41, 5.74) is 2.72. The van der Waals surface area contributed by atoms with Gasteiger partial charge in [0, 0.05) is 5.92 Å². The van der Waals surface area contributed by atoms with E-state index in [1.165, 1.54) is 17.0 Å². The van der Waals surface area contributed by atoms with Crippen LogP contribution < -0.4 is 0 Å². The first-order valence-electron chi connectivity index (χ1n) is 4.05. The summed E-state index contributed by atoms with van der Waals surface area (Å²) in [5, 5.41) is 0. The van der Waals surface area contributed by atoms with Crippen LogP contribution in [0.3, 0.4) is 0 Å². The molecule has 0 nitrogen and oxygen atoms in total. The van der Waals surface area contributed by atoms with Gasteiger partial charge in [-0.15, -0.1) is 0 Å². The van der Waals surface area contributed by atoms with Crippen molar-refractivity contribution in [2.75, 3.05) is 0 Å². The Hall–Kier alpha value is -0.367. The third-order valence-corrected chi connectivity index (χ3v) is 1.90. The molecular weight excluding hydrogens is 268 g/mol. The maximum atomic E-state index is 9.86. The Morgan fingerprint density at radius 2 is 1.57 bits per heavy atom. The molecule has 0 saturated carbocycles. The molecule has 1 aliphatic carbocycles. The summed E-state index contributed by atoms with van der Waals surface area (Å²) < 4.78 is 29.6. The molecule has 2 rings (SSSR count). The molecule has 0 N–H and O–H groups in total. The first-order valence-corrected chi connectivity index (χ1v) is 6.84. The Kier molecular flexibility index (Phi) is 4.60. The molecule has 1 aliphatic rings. The summed E-state index contributed by atoms with van der Waals surface area (Å²) in [6.45, 7) is 2.14. The second-order valence-corrected chi connectivity index (χ2v) is 3.87. The molecule has 0 atom stereocenters. The van der Waals surface area contributed by atoms with E-state index >= 15 is 0 Å². The SMILES string of the molecule is C[C]1C=Cc2ccccc21.[F][Zr]([F])[F]. The van der Waals surface area contributed by atoms with Crippen LogP contribution in [0.25, 0.3) is 6.08 Å². The van der Waals surface area contributed by atoms with E-state index in [2.05, 4.69) is 43.3 Å². The first-order chi connectivity index (χ1) is 6.61. The maximum absolute atomic E-state index is 9.86. The molecule has 4 heteroatoms. The molecule has 0 fully saturated rings. The Morgan fingerprint density at radius 1 is 1.00 bits per heavy atom. The van der Waals surface area contributed by atoms with Crippen LogP contribution in [0.4, 0.5) is 7.88 Å². The van der Waals surface area contributed by atoms with Crippen molar-refractivity contribution in [3.8, 4) is 0 Å². The first kappa shape index (κ1) is 11.7. The van der Waals surface area contributed by atoms with Gasteiger partial charge in [-0.1, -0.05) is 43.3 Å². The number of fused-ring (bicyclic) bond motifs is 1. The Balaban J connectivity index is 0.000000213. The molecule has 0 spiro atoms. The van der Waals surface area contributed by atoms with Gasteiger partial charge in [0.25, 0.3) is 0 Å². The average Bonchev–Trinajstić information content (AvgIpc) is 2.48. The van der Waals surface area contributed by atoms with Crippen LogP contribution in [0.5, 0.6) is 0 Å². The molecule has 1 aromatic rings. The molecule has 14 heavy (non-hydrogen) atoms. The third-order valence-electron chi connectivity index (χ3n) is 1.90. The fraction of sp³-hybridized carbons (Fsp3) is 0.100. The van der Waals surface area contributed by atoms with Crippen LogP contribution in [-0.4, -0.2) is 0 Å². The van der Waals surface area contributed by atoms with Gasteiger partial charge in [-0.3, -0.25) is 0 Å². The molecular formula is C10H9F3Zr. The number of allylic oxidation sites excluding steroid dienone is 1. The van der Waals surface area contributed by atoms with E-state index < -0.39 is 23.6 Å². The van der Waals surface area contributed by atoms with E-state index in [-0.39, 0.29) is 0 Å². The molecule has 0 aliphatic heterocycles. The zero-order valence-electron chi connectivity index (χ0n) is 7.60. The summed E-state index contributed by atoms with van der Waals surface area (Å²) in [4.78, 5) is 0. The van der Waals surface area contributed by atoms with E-state index in [1.807, 2.05) is 0 Å². The molecule has 1 aromatic carbocycles. The molecule has 1 radical (unpaired) electrons. The summed E-state index contributed by atoms with van der Waals surface area (Å²) in [6, 6.07) is 8.45. The molecule has 74 valence electrons. The van der Waals surface area contributed by atoms with Crippen molar-refractivity contribution in [2.45, 2.75) is 6.92 Å². The minimum atomic E-state index is -5.04. The van der Waals surface area contributed by atoms with Crippen molar-refractivity contribution < 1.29 is 31.5 Å². The number of hydrogen-bond acceptors (Lipinski definition) is 0. The summed E-state index contributed by atoms with van der Waals surface area (Å²) in [7, 11) is 0. The quantitative estimate of drug-likeness (QED) is 0.674. The molecule has 0 unspecified atom stereocenters. The Labute approximate surface area is 91.8 Å². The molecule has 0 amide bonds. The number of rotatable bonds is 0. The number of halogens is 3. The fourth-order valence-corrected chi connectivity index (χ4v) is 1.31. The predicted molar refractivity (Wildman–Crippen MR) is 46.8 cm³/mol. The van der Waals surface area contributed by atoms with Crippen LogP contribution in [0.15, 0.2) is 30.3 Å². The van der Waals surface area contributed by atoms with Crippen molar-refractivity contribution in [3.05, 3.63) is 47.4 Å². The van der Waals surface area contributed by atoms with Crippen molar-refractivity contribution in [3.63, 3.8) is 0 Å². The van der Waals surface area contributed by atoms with Crippen molar-refractivity contribution in [1.82, 2.24) is 0 Å². The standard InChI is InChI=1S/C10H9.3FH.Zr/c1-8-6-7-9-4-2-3-5-10(8)9;;;;/h2-7H,1H3;3*1H;/q;;;;+3/p-3. The second kappa shape index (κ2) is 5.50. The molecule has 0 heterocycles. The van der Waals surface area contributed by atoms with Crippen LogP contribution >= 0.6 is 0 Å². The summed E-state index contributed by atoms with van der Waals surface area (Å²) in [5.74, 6) is 1.37. The van der Waals surface area contributed by atoms with E-state index in [4.69, 9.17) is 0 Å². The van der Waals surface area contributed by atoms with Gasteiger partial charge in [0.2, 0.25) is 0 Å². The van der Waals surface area contributed by atoms with Crippen LogP contribution in [-0.2, 0) is 23.6 Å². The fourth-order valence-electron chi connectivity index (χ4n) is 1.31. The molecule has 0 saturated heterocycles. The van der Waals surface area contributed by atoms with Crippen LogP contribution in [0.1, 0.15) is 18.1 Å². The summed E-state index contributed by atoms with van der Waals surface area (Å²) in [6.07, 6.45) is 4.31. The summed E-state index contributed by atoms with van der Waals surface area (Å²) >= 11 is -5.04. The van der Waals surface area contributed by atoms with Crippen LogP contribution in [0.2, 0.25) is 0 Å². The van der Waals surface area contributed by atoms with E-state index in [1.54, 1.807) is 0 Å². The normalized spacial score (nSPS) is 13.1. The Morgan fingerprint density at radius 3 is 2.14 bits per heavy atom. The average molecular weight is 277 g/mol. The Bertz CT molecular complexity index is 320. The topological polar surface area (TPSA) is 0 Å². The van der Waals surface area contributed by atoms with Crippen molar-refractivity contribution >= 4 is 6.08 Å². The van der Waals surface area contributed by atoms with Crippen molar-refractivity contribution in [1.29, 1.82) is 0 Å². The predicted octanol–water partition coefficient (Wildman–Crippen LogP) is 3.91. The molecule has 0 bridgehead atoms. The zero-order valence-corrected chi connectivity index (χ0v) is 10.1. The van der Waals surface area contributed by atoms with Crippen molar-refractivity contribution in [2.24, 2.45) is 0 Å². The van der Waals surface area contributed by atoms with E-state index in [9.17, 15) is 7.88 Å². The minimum absolute atomic E-state index is 1.35. The van der Waals surface area contributed by atoms with Gasteiger partial charge in [-0.05, 0) is 11.1 Å². The van der Waals surface area contributed by atoms with E-state index in [0.29, 0.717) is 0 Å². The van der Waals surface area contributed by atoms with Gasteiger partial charge in [-0.2, -0.15) is 0 Å². The van der Waals surface area contributed by atoms with E-state index in [0.717, 1.165) is 0 Å². The third kappa shape index (κ3) is 3.41. The second-order valence-electron chi connectivity index (χ2n) is 2.82. The van der Waals surface area contributed by atoms with Gasteiger partial charge in [-0.25, -0.2) is 0 Å². The van der Waals surface area contributed by atoms with Gasteiger partial charge in [0.1, 0.15) is 0 Å². The van der Waals surface area contributed by atoms with Crippen LogP contribution in [0, 0.1) is 5.92 Å². The number of benzene rings is 1. The van der Waals surface area contributed by atoms with Gasteiger partial charge in [0.15, 0.2) is 0 Å². The zero-order chi connectivity index (χ0) is 10.6. The number of hydrogen-bond donors (Lipinski definition) is 0. The van der Waals surface area contributed by atoms with Gasteiger partial charge in [0.05, 0.1) is 0 Å². The monoisotopic (exact) mass is 276 g/mol.